The molecule has 1 unspecified atom stereocenters. The van der Waals surface area contributed by atoms with Gasteiger partial charge in [0.2, 0.25) is 0 Å². The largest absolute Gasteiger partial charge is 0.480 e. The molecule has 0 spiro atoms. The van der Waals surface area contributed by atoms with Gasteiger partial charge in [-0.15, -0.1) is 0 Å². The van der Waals surface area contributed by atoms with Crippen LogP contribution in [0.25, 0.3) is 11.4 Å². The first-order chi connectivity index (χ1) is 12.1. The Morgan fingerprint density at radius 1 is 1.38 bits per heavy atom. The molecule has 7 nitrogen and oxygen atoms in total. The van der Waals surface area contributed by atoms with Gasteiger partial charge in [-0.1, -0.05) is 12.1 Å². The highest BCUT2D eigenvalue weighted by atomic mass is 19.4. The summed E-state index contributed by atoms with van der Waals surface area (Å²) in [5.74, 6) is -2.00. The number of aromatic amines is 1. The fourth-order valence-electron chi connectivity index (χ4n) is 2.23. The number of ether oxygens (including phenoxy) is 1. The number of hydrogen-bond donors (Lipinski definition) is 3. The first kappa shape index (κ1) is 19.4. The molecule has 0 fully saturated rings. The number of carbonyl (C=O) groups excluding carboxylic acids is 1. The number of alkyl halides is 3. The number of benzene rings is 1. The number of hydrogen-bond acceptors (Lipinski definition) is 4. The number of aliphatic carboxylic acids is 1. The molecule has 2 aromatic rings. The number of amides is 1. The van der Waals surface area contributed by atoms with Gasteiger partial charge >= 0.3 is 12.1 Å². The van der Waals surface area contributed by atoms with Crippen molar-refractivity contribution in [2.45, 2.75) is 19.1 Å². The lowest BCUT2D eigenvalue weighted by Crippen LogP contribution is -2.44. The van der Waals surface area contributed by atoms with Crippen LogP contribution >= 0.6 is 0 Å². The predicted octanol–water partition coefficient (Wildman–Crippen LogP) is 2.23. The van der Waals surface area contributed by atoms with Crippen molar-refractivity contribution < 1.29 is 32.6 Å². The van der Waals surface area contributed by atoms with Gasteiger partial charge in [0, 0.05) is 18.4 Å². The van der Waals surface area contributed by atoms with Crippen LogP contribution in [0.3, 0.4) is 0 Å². The SMILES string of the molecule is COCC(NC(=O)c1nc(-c2cccc(C(F)(F)F)c2)[nH]c1C)C(=O)O. The summed E-state index contributed by atoms with van der Waals surface area (Å²) in [7, 11) is 1.29. The summed E-state index contributed by atoms with van der Waals surface area (Å²) in [4.78, 5) is 30.0. The fourth-order valence-corrected chi connectivity index (χ4v) is 2.23. The molecule has 1 amide bonds. The molecule has 2 rings (SSSR count). The lowest BCUT2D eigenvalue weighted by atomic mass is 10.1. The average Bonchev–Trinajstić information content (AvgIpc) is 2.95. The highest BCUT2D eigenvalue weighted by Crippen LogP contribution is 2.31. The second kappa shape index (κ2) is 7.56. The number of carboxylic acid groups (broad SMARTS) is 1. The summed E-state index contributed by atoms with van der Waals surface area (Å²) in [6.07, 6.45) is -4.51. The average molecular weight is 371 g/mol. The zero-order chi connectivity index (χ0) is 19.5. The lowest BCUT2D eigenvalue weighted by molar-refractivity contribution is -0.140. The topological polar surface area (TPSA) is 104 Å². The monoisotopic (exact) mass is 371 g/mol. The van der Waals surface area contributed by atoms with E-state index in [0.717, 1.165) is 12.1 Å². The minimum absolute atomic E-state index is 0.0670. The van der Waals surface area contributed by atoms with Crippen molar-refractivity contribution in [3.05, 3.63) is 41.2 Å². The number of nitrogens with one attached hydrogen (secondary N) is 2. The molecule has 10 heteroatoms. The lowest BCUT2D eigenvalue weighted by Gasteiger charge is -2.12. The number of carboxylic acids is 1. The van der Waals surface area contributed by atoms with Crippen LogP contribution in [-0.2, 0) is 15.7 Å². The Labute approximate surface area is 146 Å². The van der Waals surface area contributed by atoms with E-state index in [-0.39, 0.29) is 29.4 Å². The van der Waals surface area contributed by atoms with Crippen molar-refractivity contribution >= 4 is 11.9 Å². The van der Waals surface area contributed by atoms with Crippen LogP contribution in [0.4, 0.5) is 13.2 Å². The third-order valence-electron chi connectivity index (χ3n) is 3.50. The van der Waals surface area contributed by atoms with E-state index in [4.69, 9.17) is 9.84 Å². The van der Waals surface area contributed by atoms with Crippen LogP contribution in [0.15, 0.2) is 24.3 Å². The van der Waals surface area contributed by atoms with Crippen molar-refractivity contribution in [2.24, 2.45) is 0 Å². The van der Waals surface area contributed by atoms with Gasteiger partial charge in [-0.05, 0) is 19.1 Å². The van der Waals surface area contributed by atoms with Gasteiger partial charge in [0.1, 0.15) is 11.5 Å². The number of aryl methyl sites for hydroxylation is 1. The molecule has 1 heterocycles. The van der Waals surface area contributed by atoms with E-state index in [1.807, 2.05) is 0 Å². The summed E-state index contributed by atoms with van der Waals surface area (Å²) >= 11 is 0. The third kappa shape index (κ3) is 4.39. The number of aromatic nitrogens is 2. The summed E-state index contributed by atoms with van der Waals surface area (Å²) < 4.78 is 43.2. The highest BCUT2D eigenvalue weighted by Gasteiger charge is 2.31. The summed E-state index contributed by atoms with van der Waals surface area (Å²) in [6.45, 7) is 1.26. The third-order valence-corrected chi connectivity index (χ3v) is 3.50. The van der Waals surface area contributed by atoms with Gasteiger partial charge in [0.25, 0.3) is 5.91 Å². The predicted molar refractivity (Wildman–Crippen MR) is 84.5 cm³/mol. The van der Waals surface area contributed by atoms with Gasteiger partial charge in [-0.2, -0.15) is 13.2 Å². The number of methoxy groups -OCH3 is 1. The molecule has 0 aliphatic heterocycles. The molecule has 0 bridgehead atoms. The van der Waals surface area contributed by atoms with E-state index in [0.29, 0.717) is 0 Å². The van der Waals surface area contributed by atoms with Gasteiger partial charge in [0.15, 0.2) is 6.04 Å². The Kier molecular flexibility index (Phi) is 5.66. The highest BCUT2D eigenvalue weighted by molar-refractivity contribution is 5.96. The minimum Gasteiger partial charge on any atom is -0.480 e. The van der Waals surface area contributed by atoms with E-state index < -0.39 is 29.7 Å². The van der Waals surface area contributed by atoms with Crippen molar-refractivity contribution in [1.29, 1.82) is 0 Å². The summed E-state index contributed by atoms with van der Waals surface area (Å²) in [6, 6.07) is 3.20. The zero-order valence-electron chi connectivity index (χ0n) is 13.8. The molecule has 140 valence electrons. The van der Waals surface area contributed by atoms with Gasteiger partial charge in [0.05, 0.1) is 12.2 Å². The number of rotatable bonds is 6. The maximum absolute atomic E-state index is 12.8. The van der Waals surface area contributed by atoms with Crippen LogP contribution in [0, 0.1) is 6.92 Å². The molecule has 0 aliphatic rings. The number of imidazole rings is 1. The van der Waals surface area contributed by atoms with Gasteiger partial charge < -0.3 is 20.1 Å². The van der Waals surface area contributed by atoms with E-state index >= 15 is 0 Å². The Hall–Kier alpha value is -2.88. The van der Waals surface area contributed by atoms with E-state index in [2.05, 4.69) is 15.3 Å². The second-order valence-corrected chi connectivity index (χ2v) is 5.46. The van der Waals surface area contributed by atoms with Crippen molar-refractivity contribution in [1.82, 2.24) is 15.3 Å². The van der Waals surface area contributed by atoms with Gasteiger partial charge in [-0.25, -0.2) is 9.78 Å². The molecule has 3 N–H and O–H groups in total. The first-order valence-electron chi connectivity index (χ1n) is 7.40. The molecular formula is C16H16F3N3O4. The fraction of sp³-hybridized carbons (Fsp3) is 0.312. The summed E-state index contributed by atoms with van der Waals surface area (Å²) in [5.41, 5.74) is -0.522. The molecular weight excluding hydrogens is 355 g/mol. The van der Waals surface area contributed by atoms with Crippen LogP contribution < -0.4 is 5.32 Å². The Bertz CT molecular complexity index is 817. The molecule has 1 aromatic carbocycles. The molecule has 0 saturated heterocycles. The maximum atomic E-state index is 12.8. The van der Waals surface area contributed by atoms with Crippen LogP contribution in [-0.4, -0.2) is 46.7 Å². The molecule has 1 aromatic heterocycles. The number of carbonyl (C=O) groups is 2. The van der Waals surface area contributed by atoms with E-state index in [9.17, 15) is 22.8 Å². The molecule has 1 atom stereocenters. The van der Waals surface area contributed by atoms with Crippen LogP contribution in [0.5, 0.6) is 0 Å². The van der Waals surface area contributed by atoms with Gasteiger partial charge in [-0.3, -0.25) is 4.79 Å². The van der Waals surface area contributed by atoms with E-state index in [1.165, 1.54) is 26.2 Å². The van der Waals surface area contributed by atoms with Crippen molar-refractivity contribution in [3.63, 3.8) is 0 Å². The number of halogens is 3. The maximum Gasteiger partial charge on any atom is 0.416 e. The Morgan fingerprint density at radius 3 is 2.65 bits per heavy atom. The molecule has 26 heavy (non-hydrogen) atoms. The Morgan fingerprint density at radius 2 is 2.08 bits per heavy atom. The molecule has 0 saturated carbocycles. The normalized spacial score (nSPS) is 12.7. The molecule has 0 aliphatic carbocycles. The van der Waals surface area contributed by atoms with Crippen LogP contribution in [0.2, 0.25) is 0 Å². The Balaban J connectivity index is 2.29. The smallest absolute Gasteiger partial charge is 0.416 e. The van der Waals surface area contributed by atoms with E-state index in [1.54, 1.807) is 0 Å². The number of nitrogens with zero attached hydrogens (tertiary/aromatic N) is 1. The minimum atomic E-state index is -4.51. The standard InChI is InChI=1S/C16H16F3N3O4/c1-8-12(14(23)21-11(7-26-2)15(24)25)22-13(20-8)9-4-3-5-10(6-9)16(17,18)19/h3-6,11H,7H2,1-2H3,(H,20,22)(H,21,23)(H,24,25). The zero-order valence-corrected chi connectivity index (χ0v) is 13.8. The number of H-pyrrole nitrogens is 1. The molecule has 0 radical (unpaired) electrons. The van der Waals surface area contributed by atoms with Crippen molar-refractivity contribution in [3.8, 4) is 11.4 Å². The van der Waals surface area contributed by atoms with Crippen molar-refractivity contribution in [2.75, 3.05) is 13.7 Å². The first-order valence-corrected chi connectivity index (χ1v) is 7.40. The quantitative estimate of drug-likeness (QED) is 0.722. The summed E-state index contributed by atoms with van der Waals surface area (Å²) in [5, 5.41) is 11.3. The second-order valence-electron chi connectivity index (χ2n) is 5.46. The van der Waals surface area contributed by atoms with Crippen LogP contribution in [0.1, 0.15) is 21.7 Å².